The minimum absolute atomic E-state index is 0.299. The molecule has 0 unspecified atom stereocenters. The average Bonchev–Trinajstić information content (AvgIpc) is 2.98. The van der Waals surface area contributed by atoms with Crippen molar-refractivity contribution in [3.05, 3.63) is 71.2 Å². The Kier molecular flexibility index (Phi) is 3.27. The Hall–Kier alpha value is -3.63. The number of hydrogen-bond donors (Lipinski definition) is 0. The highest BCUT2D eigenvalue weighted by molar-refractivity contribution is 6.09. The summed E-state index contributed by atoms with van der Waals surface area (Å²) < 4.78 is 8.02. The van der Waals surface area contributed by atoms with Crippen LogP contribution in [0.2, 0.25) is 0 Å². The first-order valence-corrected chi connectivity index (χ1v) is 7.86. The molecule has 0 aliphatic heterocycles. The molecule has 0 spiro atoms. The van der Waals surface area contributed by atoms with E-state index in [4.69, 9.17) is 11.0 Å². The lowest BCUT2D eigenvalue weighted by atomic mass is 10.0. The van der Waals surface area contributed by atoms with E-state index in [9.17, 15) is 5.26 Å². The summed E-state index contributed by atoms with van der Waals surface area (Å²) in [6.45, 7) is 9.28. The zero-order valence-corrected chi connectivity index (χ0v) is 13.9. The van der Waals surface area contributed by atoms with Gasteiger partial charge in [-0.05, 0) is 30.7 Å². The van der Waals surface area contributed by atoms with Gasteiger partial charge in [0.2, 0.25) is 11.4 Å². The van der Waals surface area contributed by atoms with Crippen molar-refractivity contribution in [3.8, 4) is 17.3 Å². The van der Waals surface area contributed by atoms with Crippen LogP contribution in [0.3, 0.4) is 0 Å². The monoisotopic (exact) mass is 324 g/mol. The molecule has 4 nitrogen and oxygen atoms in total. The molecule has 4 heteroatoms. The molecular weight excluding hydrogens is 310 g/mol. The van der Waals surface area contributed by atoms with Crippen LogP contribution in [0.5, 0.6) is 0 Å². The fourth-order valence-electron chi connectivity index (χ4n) is 3.26. The van der Waals surface area contributed by atoms with Crippen molar-refractivity contribution in [2.45, 2.75) is 6.92 Å². The zero-order chi connectivity index (χ0) is 17.6. The Morgan fingerprint density at radius 2 is 2.00 bits per heavy atom. The molecule has 0 fully saturated rings. The second-order valence-corrected chi connectivity index (χ2v) is 6.02. The van der Waals surface area contributed by atoms with Crippen molar-refractivity contribution < 1.29 is 8.98 Å². The van der Waals surface area contributed by atoms with E-state index < -0.39 is 0 Å². The van der Waals surface area contributed by atoms with Crippen molar-refractivity contribution in [2.24, 2.45) is 7.05 Å². The van der Waals surface area contributed by atoms with E-state index in [-0.39, 0.29) is 0 Å². The topological polar surface area (TPSA) is 45.2 Å². The van der Waals surface area contributed by atoms with Crippen LogP contribution in [0.4, 0.5) is 5.69 Å². The predicted octanol–water partition coefficient (Wildman–Crippen LogP) is 4.81. The molecule has 118 valence electrons. The molecule has 0 bridgehead atoms. The lowest BCUT2D eigenvalue weighted by Crippen LogP contribution is -2.30. The predicted molar refractivity (Wildman–Crippen MR) is 96.0 cm³/mol. The lowest BCUT2D eigenvalue weighted by molar-refractivity contribution is -0.660. The van der Waals surface area contributed by atoms with Gasteiger partial charge in [0, 0.05) is 28.5 Å². The van der Waals surface area contributed by atoms with E-state index in [1.807, 2.05) is 44.4 Å². The van der Waals surface area contributed by atoms with Crippen LogP contribution in [-0.2, 0) is 7.05 Å². The third kappa shape index (κ3) is 2.16. The number of pyridine rings is 1. The van der Waals surface area contributed by atoms with Gasteiger partial charge in [0.25, 0.3) is 0 Å². The second-order valence-electron chi connectivity index (χ2n) is 6.02. The summed E-state index contributed by atoms with van der Waals surface area (Å²) in [6, 6.07) is 15.8. The molecule has 25 heavy (non-hydrogen) atoms. The van der Waals surface area contributed by atoms with E-state index in [1.54, 1.807) is 6.07 Å². The van der Waals surface area contributed by atoms with Crippen molar-refractivity contribution >= 4 is 27.6 Å². The van der Waals surface area contributed by atoms with Gasteiger partial charge in [0.05, 0.1) is 12.6 Å². The molecule has 0 aliphatic rings. The van der Waals surface area contributed by atoms with Gasteiger partial charge in [0.15, 0.2) is 6.20 Å². The molecule has 0 atom stereocenters. The standard InChI is InChI=1S/C21H14N3O/c1-13-10-20-16(11-15(13)19-6-4-5-9-24(19)3)14-7-8-18(23-2)17(12-22)21(14)25-20/h4-11H,1,3H3/q+1. The summed E-state index contributed by atoms with van der Waals surface area (Å²) in [5.41, 5.74) is 5.15. The number of aromatic nitrogens is 1. The van der Waals surface area contributed by atoms with Gasteiger partial charge in [-0.3, -0.25) is 0 Å². The number of benzene rings is 2. The largest absolute Gasteiger partial charge is 0.456 e. The SMILES string of the molecule is [C-]#[N+]c1ccc2c(oc3cc(C)c(-c4cccc[n+]4C)cc32)c1C#N. The van der Waals surface area contributed by atoms with Crippen LogP contribution in [0.25, 0.3) is 38.0 Å². The highest BCUT2D eigenvalue weighted by atomic mass is 16.3. The highest BCUT2D eigenvalue weighted by Gasteiger charge is 2.18. The quantitative estimate of drug-likeness (QED) is 0.372. The van der Waals surface area contributed by atoms with Crippen LogP contribution < -0.4 is 4.57 Å². The van der Waals surface area contributed by atoms with E-state index in [0.29, 0.717) is 16.8 Å². The number of nitrogens with zero attached hydrogens (tertiary/aromatic N) is 3. The van der Waals surface area contributed by atoms with Crippen LogP contribution in [0.15, 0.2) is 53.1 Å². The van der Waals surface area contributed by atoms with Gasteiger partial charge in [0.1, 0.15) is 23.8 Å². The number of nitriles is 1. The fourth-order valence-corrected chi connectivity index (χ4v) is 3.26. The number of furan rings is 1. The normalized spacial score (nSPS) is 10.7. The van der Waals surface area contributed by atoms with E-state index in [0.717, 1.165) is 33.2 Å². The Labute approximate surface area is 145 Å². The molecule has 0 amide bonds. The van der Waals surface area contributed by atoms with Crippen LogP contribution in [0.1, 0.15) is 11.1 Å². The minimum atomic E-state index is 0.299. The number of rotatable bonds is 1. The summed E-state index contributed by atoms with van der Waals surface area (Å²) in [4.78, 5) is 3.42. The van der Waals surface area contributed by atoms with E-state index in [2.05, 4.69) is 27.6 Å². The Morgan fingerprint density at radius 1 is 1.16 bits per heavy atom. The van der Waals surface area contributed by atoms with Gasteiger partial charge in [-0.1, -0.05) is 12.1 Å². The zero-order valence-electron chi connectivity index (χ0n) is 13.9. The highest BCUT2D eigenvalue weighted by Crippen LogP contribution is 2.37. The Bertz CT molecular complexity index is 1240. The summed E-state index contributed by atoms with van der Waals surface area (Å²) in [5, 5.41) is 11.3. The maximum Gasteiger partial charge on any atom is 0.212 e. The Balaban J connectivity index is 2.10. The summed E-state index contributed by atoms with van der Waals surface area (Å²) in [7, 11) is 2.02. The van der Waals surface area contributed by atoms with E-state index >= 15 is 0 Å². The van der Waals surface area contributed by atoms with Gasteiger partial charge < -0.3 is 4.42 Å². The molecule has 2 aromatic carbocycles. The first-order chi connectivity index (χ1) is 12.1. The maximum atomic E-state index is 9.44. The molecule has 0 saturated carbocycles. The van der Waals surface area contributed by atoms with Crippen molar-refractivity contribution in [2.75, 3.05) is 0 Å². The first kappa shape index (κ1) is 14.9. The fraction of sp³-hybridized carbons (Fsp3) is 0.0952. The molecule has 0 aliphatic carbocycles. The summed E-state index contributed by atoms with van der Waals surface area (Å²) >= 11 is 0. The third-order valence-electron chi connectivity index (χ3n) is 4.53. The second kappa shape index (κ2) is 5.47. The third-order valence-corrected chi connectivity index (χ3v) is 4.53. The maximum absolute atomic E-state index is 9.44. The molecule has 2 heterocycles. The van der Waals surface area contributed by atoms with Crippen molar-refractivity contribution in [3.63, 3.8) is 0 Å². The van der Waals surface area contributed by atoms with Crippen molar-refractivity contribution in [1.29, 1.82) is 5.26 Å². The summed E-state index contributed by atoms with van der Waals surface area (Å²) in [5.74, 6) is 0. The van der Waals surface area contributed by atoms with Crippen LogP contribution >= 0.6 is 0 Å². The van der Waals surface area contributed by atoms with Gasteiger partial charge in [-0.2, -0.15) is 5.26 Å². The smallest absolute Gasteiger partial charge is 0.212 e. The van der Waals surface area contributed by atoms with Gasteiger partial charge in [-0.25, -0.2) is 9.41 Å². The number of fused-ring (bicyclic) bond motifs is 3. The molecule has 4 aromatic rings. The first-order valence-electron chi connectivity index (χ1n) is 7.86. The number of aryl methyl sites for hydroxylation is 2. The molecule has 0 radical (unpaired) electrons. The average molecular weight is 324 g/mol. The molecule has 0 saturated heterocycles. The van der Waals surface area contributed by atoms with Gasteiger partial charge >= 0.3 is 0 Å². The minimum Gasteiger partial charge on any atom is -0.456 e. The Morgan fingerprint density at radius 3 is 2.72 bits per heavy atom. The van der Waals surface area contributed by atoms with Crippen LogP contribution in [-0.4, -0.2) is 0 Å². The van der Waals surface area contributed by atoms with Gasteiger partial charge in [-0.15, -0.1) is 0 Å². The van der Waals surface area contributed by atoms with Crippen LogP contribution in [0, 0.1) is 24.8 Å². The molecule has 2 aromatic heterocycles. The molecule has 4 rings (SSSR count). The lowest BCUT2D eigenvalue weighted by Gasteiger charge is -2.04. The molecular formula is C21H14N3O+. The van der Waals surface area contributed by atoms with Crippen molar-refractivity contribution in [1.82, 2.24) is 0 Å². The molecule has 0 N–H and O–H groups in total. The van der Waals surface area contributed by atoms with E-state index in [1.165, 1.54) is 0 Å². The number of hydrogen-bond acceptors (Lipinski definition) is 2. The summed E-state index contributed by atoms with van der Waals surface area (Å²) in [6.07, 6.45) is 2.02.